The van der Waals surface area contributed by atoms with Gasteiger partial charge in [-0.05, 0) is 40.2 Å². The summed E-state index contributed by atoms with van der Waals surface area (Å²) in [5, 5.41) is 0. The summed E-state index contributed by atoms with van der Waals surface area (Å²) in [6.07, 6.45) is 0.894. The van der Waals surface area contributed by atoms with Crippen molar-refractivity contribution in [3.05, 3.63) is 23.0 Å². The van der Waals surface area contributed by atoms with E-state index in [2.05, 4.69) is 4.90 Å². The topological polar surface area (TPSA) is 68.6 Å². The highest BCUT2D eigenvalue weighted by Crippen LogP contribution is 2.29. The Morgan fingerprint density at radius 1 is 1.24 bits per heavy atom. The highest BCUT2D eigenvalue weighted by molar-refractivity contribution is 7.91. The van der Waals surface area contributed by atoms with E-state index >= 15 is 0 Å². The molecule has 0 bridgehead atoms. The van der Waals surface area contributed by atoms with Gasteiger partial charge in [0.25, 0.3) is 0 Å². The number of hydrogen-bond donors (Lipinski definition) is 0. The number of ketones is 1. The van der Waals surface area contributed by atoms with Gasteiger partial charge in [-0.25, -0.2) is 8.42 Å². The lowest BCUT2D eigenvalue weighted by Gasteiger charge is -2.34. The molecule has 0 saturated carbocycles. The first-order valence-corrected chi connectivity index (χ1v) is 10.8. The standard InChI is InChI=1S/C18H28N2O4S/c1-12-7-17(15(4)20(12)16-5-6-25(22,23)11-16)18(21)10-19-8-13(2)24-14(3)9-19/h7,13-14,16H,5-6,8-11H2,1-4H3. The van der Waals surface area contributed by atoms with Crippen LogP contribution in [0.4, 0.5) is 0 Å². The van der Waals surface area contributed by atoms with E-state index in [1.165, 1.54) is 0 Å². The molecule has 3 rings (SSSR count). The Morgan fingerprint density at radius 3 is 2.44 bits per heavy atom. The average Bonchev–Trinajstić information content (AvgIpc) is 2.97. The maximum Gasteiger partial charge on any atom is 0.178 e. The van der Waals surface area contributed by atoms with Crippen LogP contribution in [0.15, 0.2) is 6.07 Å². The first kappa shape index (κ1) is 18.6. The number of aryl methyl sites for hydroxylation is 1. The third kappa shape index (κ3) is 3.99. The van der Waals surface area contributed by atoms with Gasteiger partial charge in [-0.15, -0.1) is 0 Å². The number of rotatable bonds is 4. The summed E-state index contributed by atoms with van der Waals surface area (Å²) < 4.78 is 31.4. The predicted octanol–water partition coefficient (Wildman–Crippen LogP) is 1.76. The van der Waals surface area contributed by atoms with Crippen molar-refractivity contribution in [2.45, 2.75) is 52.4 Å². The molecule has 2 aliphatic heterocycles. The zero-order valence-electron chi connectivity index (χ0n) is 15.5. The fourth-order valence-electron chi connectivity index (χ4n) is 4.30. The van der Waals surface area contributed by atoms with Crippen LogP contribution in [0, 0.1) is 13.8 Å². The zero-order valence-corrected chi connectivity index (χ0v) is 16.3. The molecule has 25 heavy (non-hydrogen) atoms. The van der Waals surface area contributed by atoms with Crippen LogP contribution >= 0.6 is 0 Å². The number of carbonyl (C=O) groups is 1. The molecule has 2 fully saturated rings. The second-order valence-corrected chi connectivity index (χ2v) is 9.81. The van der Waals surface area contributed by atoms with E-state index in [9.17, 15) is 13.2 Å². The summed E-state index contributed by atoms with van der Waals surface area (Å²) in [7, 11) is -2.95. The smallest absolute Gasteiger partial charge is 0.178 e. The fraction of sp³-hybridized carbons (Fsp3) is 0.722. The average molecular weight is 368 g/mol. The normalized spacial score (nSPS) is 29.8. The van der Waals surface area contributed by atoms with Gasteiger partial charge in [0, 0.05) is 36.1 Å². The SMILES string of the molecule is Cc1cc(C(=O)CN2CC(C)OC(C)C2)c(C)n1C1CCS(=O)(=O)C1. The quantitative estimate of drug-likeness (QED) is 0.758. The van der Waals surface area contributed by atoms with Crippen LogP contribution in [-0.2, 0) is 14.6 Å². The molecule has 140 valence electrons. The highest BCUT2D eigenvalue weighted by Gasteiger charge is 2.32. The Labute approximate surface area is 150 Å². The molecule has 3 atom stereocenters. The second-order valence-electron chi connectivity index (χ2n) is 7.59. The highest BCUT2D eigenvalue weighted by atomic mass is 32.2. The van der Waals surface area contributed by atoms with Crippen molar-refractivity contribution < 1.29 is 17.9 Å². The van der Waals surface area contributed by atoms with Gasteiger partial charge in [0.15, 0.2) is 15.6 Å². The molecular weight excluding hydrogens is 340 g/mol. The van der Waals surface area contributed by atoms with Gasteiger partial charge in [0.1, 0.15) is 0 Å². The van der Waals surface area contributed by atoms with Gasteiger partial charge in [-0.2, -0.15) is 0 Å². The Kier molecular flexibility index (Phi) is 5.10. The van der Waals surface area contributed by atoms with E-state index in [-0.39, 0.29) is 35.5 Å². The van der Waals surface area contributed by atoms with Crippen molar-refractivity contribution in [1.82, 2.24) is 9.47 Å². The first-order valence-electron chi connectivity index (χ1n) is 8.96. The molecule has 0 radical (unpaired) electrons. The molecular formula is C18H28N2O4S. The summed E-state index contributed by atoms with van der Waals surface area (Å²) >= 11 is 0. The third-order valence-electron chi connectivity index (χ3n) is 5.22. The molecule has 0 aromatic carbocycles. The lowest BCUT2D eigenvalue weighted by Crippen LogP contribution is -2.47. The monoisotopic (exact) mass is 368 g/mol. The molecule has 0 aliphatic carbocycles. The number of morpholine rings is 1. The molecule has 2 aliphatic rings. The van der Waals surface area contributed by atoms with Crippen molar-refractivity contribution >= 4 is 15.6 Å². The minimum absolute atomic E-state index is 0.0463. The van der Waals surface area contributed by atoms with Crippen LogP contribution in [0.25, 0.3) is 0 Å². The largest absolute Gasteiger partial charge is 0.373 e. The van der Waals surface area contributed by atoms with Gasteiger partial charge in [-0.3, -0.25) is 9.69 Å². The molecule has 2 saturated heterocycles. The van der Waals surface area contributed by atoms with Crippen LogP contribution in [0.2, 0.25) is 0 Å². The Bertz CT molecular complexity index is 758. The van der Waals surface area contributed by atoms with Gasteiger partial charge in [-0.1, -0.05) is 0 Å². The first-order chi connectivity index (χ1) is 11.7. The van der Waals surface area contributed by atoms with E-state index in [0.29, 0.717) is 18.5 Å². The molecule has 0 N–H and O–H groups in total. The van der Waals surface area contributed by atoms with E-state index in [0.717, 1.165) is 24.5 Å². The van der Waals surface area contributed by atoms with Gasteiger partial charge >= 0.3 is 0 Å². The van der Waals surface area contributed by atoms with E-state index < -0.39 is 9.84 Å². The number of carbonyl (C=O) groups excluding carboxylic acids is 1. The predicted molar refractivity (Wildman–Crippen MR) is 97.0 cm³/mol. The van der Waals surface area contributed by atoms with Crippen LogP contribution in [-0.4, -0.2) is 67.0 Å². The number of Topliss-reactive ketones (excluding diaryl/α,β-unsaturated/α-hetero) is 1. The third-order valence-corrected chi connectivity index (χ3v) is 6.97. The molecule has 3 heterocycles. The van der Waals surface area contributed by atoms with Gasteiger partial charge in [0.05, 0.1) is 30.3 Å². The summed E-state index contributed by atoms with van der Waals surface area (Å²) in [6.45, 7) is 9.83. The number of aromatic nitrogens is 1. The van der Waals surface area contributed by atoms with Crippen LogP contribution in [0.1, 0.15) is 48.1 Å². The summed E-state index contributed by atoms with van der Waals surface area (Å²) in [5.41, 5.74) is 2.57. The fourth-order valence-corrected chi connectivity index (χ4v) is 6.00. The molecule has 0 spiro atoms. The van der Waals surface area contributed by atoms with Gasteiger partial charge < -0.3 is 9.30 Å². The number of sulfone groups is 1. The molecule has 7 heteroatoms. The van der Waals surface area contributed by atoms with Crippen LogP contribution in [0.5, 0.6) is 0 Å². The summed E-state index contributed by atoms with van der Waals surface area (Å²) in [6, 6.07) is 1.87. The summed E-state index contributed by atoms with van der Waals surface area (Å²) in [4.78, 5) is 15.0. The van der Waals surface area contributed by atoms with Crippen molar-refractivity contribution in [2.24, 2.45) is 0 Å². The minimum Gasteiger partial charge on any atom is -0.373 e. The lowest BCUT2D eigenvalue weighted by molar-refractivity contribution is -0.0652. The number of ether oxygens (including phenoxy) is 1. The lowest BCUT2D eigenvalue weighted by atomic mass is 10.1. The van der Waals surface area contributed by atoms with Crippen molar-refractivity contribution in [3.63, 3.8) is 0 Å². The van der Waals surface area contributed by atoms with Crippen molar-refractivity contribution in [2.75, 3.05) is 31.1 Å². The number of nitrogens with zero attached hydrogens (tertiary/aromatic N) is 2. The molecule has 1 aromatic rings. The Morgan fingerprint density at radius 2 is 1.88 bits per heavy atom. The molecule has 6 nitrogen and oxygen atoms in total. The van der Waals surface area contributed by atoms with Crippen molar-refractivity contribution in [1.29, 1.82) is 0 Å². The molecule has 1 aromatic heterocycles. The van der Waals surface area contributed by atoms with Gasteiger partial charge in [0.2, 0.25) is 0 Å². The maximum atomic E-state index is 12.8. The van der Waals surface area contributed by atoms with E-state index in [1.54, 1.807) is 0 Å². The Balaban J connectivity index is 1.77. The van der Waals surface area contributed by atoms with Crippen molar-refractivity contribution in [3.8, 4) is 0 Å². The zero-order chi connectivity index (χ0) is 18.4. The van der Waals surface area contributed by atoms with Crippen LogP contribution < -0.4 is 0 Å². The number of hydrogen-bond acceptors (Lipinski definition) is 5. The molecule has 0 amide bonds. The van der Waals surface area contributed by atoms with Crippen LogP contribution in [0.3, 0.4) is 0 Å². The second kappa shape index (κ2) is 6.85. The minimum atomic E-state index is -2.95. The maximum absolute atomic E-state index is 12.8. The summed E-state index contributed by atoms with van der Waals surface area (Å²) in [5.74, 6) is 0.512. The Hall–Kier alpha value is -1.18. The van der Waals surface area contributed by atoms with E-state index in [1.807, 2.05) is 38.3 Å². The van der Waals surface area contributed by atoms with E-state index in [4.69, 9.17) is 4.74 Å². The molecule has 3 unspecified atom stereocenters.